The van der Waals surface area contributed by atoms with Crippen LogP contribution in [-0.2, 0) is 0 Å². The van der Waals surface area contributed by atoms with Crippen molar-refractivity contribution in [2.75, 3.05) is 0 Å². The third-order valence-electron chi connectivity index (χ3n) is 3.42. The van der Waals surface area contributed by atoms with Gasteiger partial charge in [0.2, 0.25) is 0 Å². The lowest BCUT2D eigenvalue weighted by Crippen LogP contribution is -2.32. The summed E-state index contributed by atoms with van der Waals surface area (Å²) < 4.78 is 1.73. The van der Waals surface area contributed by atoms with E-state index in [9.17, 15) is 0 Å². The summed E-state index contributed by atoms with van der Waals surface area (Å²) in [5.41, 5.74) is 0. The molecule has 0 unspecified atom stereocenters. The Morgan fingerprint density at radius 3 is 1.93 bits per heavy atom. The minimum atomic E-state index is -1.02. The Balaban J connectivity index is 4.41. The first-order valence-electron chi connectivity index (χ1n) is 6.02. The molecule has 0 fully saturated rings. The van der Waals surface area contributed by atoms with Gasteiger partial charge in [0.1, 0.15) is 0 Å². The van der Waals surface area contributed by atoms with Crippen LogP contribution in [0.1, 0.15) is 47.0 Å². The molecule has 0 aliphatic carbocycles. The van der Waals surface area contributed by atoms with Gasteiger partial charge in [-0.2, -0.15) is 0 Å². The normalized spacial score (nSPS) is 13.4. The Hall–Kier alpha value is 0.687. The number of rotatable bonds is 7. The van der Waals surface area contributed by atoms with Gasteiger partial charge in [-0.1, -0.05) is 87.3 Å². The van der Waals surface area contributed by atoms with Crippen molar-refractivity contribution in [2.45, 2.75) is 65.1 Å². The molecule has 0 aromatic heterocycles. The fourth-order valence-corrected chi connectivity index (χ4v) is 8.74. The average molecular weight is 324 g/mol. The highest BCUT2D eigenvalue weighted by Gasteiger charge is 2.29. The van der Waals surface area contributed by atoms with Crippen LogP contribution in [0.15, 0.2) is 9.28 Å². The van der Waals surface area contributed by atoms with Crippen molar-refractivity contribution in [1.82, 2.24) is 0 Å². The maximum absolute atomic E-state index is 2.62. The van der Waals surface area contributed by atoms with Crippen LogP contribution in [0.4, 0.5) is 0 Å². The van der Waals surface area contributed by atoms with Crippen molar-refractivity contribution in [1.29, 1.82) is 0 Å². The quantitative estimate of drug-likeness (QED) is 0.327. The summed E-state index contributed by atoms with van der Waals surface area (Å²) in [5.74, 6) is 0. The summed E-state index contributed by atoms with van der Waals surface area (Å²) in [6.07, 6.45) is 6.49. The number of hydrogen-bond acceptors (Lipinski definition) is 0. The standard InChI is InChI=1S/C12H25ISi/c1-5-9-10-11-12(13)14(6-2,7-3)8-4/h11H,5-10H2,1-4H3/b12-11-. The Morgan fingerprint density at radius 2 is 1.57 bits per heavy atom. The Bertz CT molecular complexity index is 163. The molecule has 0 rings (SSSR count). The van der Waals surface area contributed by atoms with Crippen LogP contribution in [0.5, 0.6) is 0 Å². The van der Waals surface area contributed by atoms with Crippen LogP contribution in [0.2, 0.25) is 18.1 Å². The lowest BCUT2D eigenvalue weighted by Gasteiger charge is -2.28. The van der Waals surface area contributed by atoms with Crippen LogP contribution in [0.25, 0.3) is 0 Å². The molecule has 14 heavy (non-hydrogen) atoms. The van der Waals surface area contributed by atoms with E-state index >= 15 is 0 Å². The summed E-state index contributed by atoms with van der Waals surface area (Å²) in [6.45, 7) is 9.41. The predicted molar refractivity (Wildman–Crippen MR) is 78.8 cm³/mol. The van der Waals surface area contributed by atoms with Crippen LogP contribution in [0, 0.1) is 0 Å². The second kappa shape index (κ2) is 7.91. The first-order valence-corrected chi connectivity index (χ1v) is 9.73. The number of halogens is 1. The molecule has 0 spiro atoms. The fourth-order valence-electron chi connectivity index (χ4n) is 1.91. The molecule has 0 atom stereocenters. The van der Waals surface area contributed by atoms with Gasteiger partial charge in [0.25, 0.3) is 0 Å². The minimum Gasteiger partial charge on any atom is -0.0793 e. The van der Waals surface area contributed by atoms with Crippen molar-refractivity contribution < 1.29 is 0 Å². The summed E-state index contributed by atoms with van der Waals surface area (Å²) in [6, 6.07) is 4.25. The molecule has 0 nitrogen and oxygen atoms in total. The average Bonchev–Trinajstić information content (AvgIpc) is 2.22. The Labute approximate surface area is 105 Å². The maximum Gasteiger partial charge on any atom is 0.0933 e. The van der Waals surface area contributed by atoms with E-state index in [2.05, 4.69) is 56.4 Å². The molecule has 0 bridgehead atoms. The van der Waals surface area contributed by atoms with E-state index < -0.39 is 8.07 Å². The molecule has 0 heterocycles. The summed E-state index contributed by atoms with van der Waals surface area (Å²) >= 11 is 2.62. The zero-order valence-electron chi connectivity index (χ0n) is 10.2. The van der Waals surface area contributed by atoms with Gasteiger partial charge in [-0.3, -0.25) is 0 Å². The topological polar surface area (TPSA) is 0 Å². The van der Waals surface area contributed by atoms with Gasteiger partial charge < -0.3 is 0 Å². The van der Waals surface area contributed by atoms with Gasteiger partial charge >= 0.3 is 0 Å². The van der Waals surface area contributed by atoms with Crippen LogP contribution in [0.3, 0.4) is 0 Å². The summed E-state index contributed by atoms with van der Waals surface area (Å²) in [4.78, 5) is 0. The van der Waals surface area contributed by atoms with Crippen LogP contribution >= 0.6 is 22.6 Å². The van der Waals surface area contributed by atoms with E-state index in [0.717, 1.165) is 0 Å². The smallest absolute Gasteiger partial charge is 0.0793 e. The van der Waals surface area contributed by atoms with Crippen molar-refractivity contribution in [3.05, 3.63) is 9.28 Å². The molecule has 0 aromatic rings. The molecule has 0 aliphatic heterocycles. The van der Waals surface area contributed by atoms with E-state index in [1.165, 1.54) is 37.4 Å². The molecule has 0 amide bonds. The maximum atomic E-state index is 2.62. The number of hydrogen-bond donors (Lipinski definition) is 0. The molecule has 84 valence electrons. The minimum absolute atomic E-state index is 1.02. The van der Waals surface area contributed by atoms with Crippen molar-refractivity contribution >= 4 is 30.7 Å². The molecule has 2 heteroatoms. The van der Waals surface area contributed by atoms with E-state index in [0.29, 0.717) is 0 Å². The Kier molecular flexibility index (Phi) is 8.30. The number of allylic oxidation sites excluding steroid dienone is 1. The first-order chi connectivity index (χ1) is 6.66. The van der Waals surface area contributed by atoms with Gasteiger partial charge in [0.05, 0.1) is 8.07 Å². The lowest BCUT2D eigenvalue weighted by atomic mass is 10.2. The first kappa shape index (κ1) is 14.7. The zero-order chi connectivity index (χ0) is 11.0. The summed E-state index contributed by atoms with van der Waals surface area (Å²) in [7, 11) is -1.02. The van der Waals surface area contributed by atoms with E-state index in [1.54, 1.807) is 3.20 Å². The van der Waals surface area contributed by atoms with Crippen LogP contribution in [-0.4, -0.2) is 8.07 Å². The highest BCUT2D eigenvalue weighted by Crippen LogP contribution is 2.33. The Morgan fingerprint density at radius 1 is 1.07 bits per heavy atom. The molecule has 0 aliphatic rings. The van der Waals surface area contributed by atoms with Gasteiger partial charge in [0.15, 0.2) is 0 Å². The van der Waals surface area contributed by atoms with Gasteiger partial charge in [-0.15, -0.1) is 0 Å². The second-order valence-electron chi connectivity index (χ2n) is 4.04. The van der Waals surface area contributed by atoms with E-state index in [-0.39, 0.29) is 0 Å². The number of unbranched alkanes of at least 4 members (excludes halogenated alkanes) is 2. The molecule has 0 saturated carbocycles. The molecular formula is C12H25ISi. The lowest BCUT2D eigenvalue weighted by molar-refractivity contribution is 0.814. The zero-order valence-corrected chi connectivity index (χ0v) is 13.4. The molecule has 0 saturated heterocycles. The largest absolute Gasteiger partial charge is 0.0933 e. The van der Waals surface area contributed by atoms with E-state index in [4.69, 9.17) is 0 Å². The third kappa shape index (κ3) is 4.05. The SMILES string of the molecule is CCCC/C=C(/I)[Si](CC)(CC)CC. The second-order valence-corrected chi connectivity index (χ2v) is 11.4. The third-order valence-corrected chi connectivity index (χ3v) is 12.6. The van der Waals surface area contributed by atoms with Crippen molar-refractivity contribution in [3.8, 4) is 0 Å². The van der Waals surface area contributed by atoms with Gasteiger partial charge in [0, 0.05) is 0 Å². The van der Waals surface area contributed by atoms with Crippen molar-refractivity contribution in [3.63, 3.8) is 0 Å². The summed E-state index contributed by atoms with van der Waals surface area (Å²) in [5, 5.41) is 0. The molecular weight excluding hydrogens is 299 g/mol. The highest BCUT2D eigenvalue weighted by atomic mass is 127. The highest BCUT2D eigenvalue weighted by molar-refractivity contribution is 14.1. The van der Waals surface area contributed by atoms with Gasteiger partial charge in [-0.05, 0) is 9.62 Å². The predicted octanol–water partition coefficient (Wildman–Crippen LogP) is 5.54. The van der Waals surface area contributed by atoms with Crippen LogP contribution < -0.4 is 0 Å². The fraction of sp³-hybridized carbons (Fsp3) is 0.833. The van der Waals surface area contributed by atoms with E-state index in [1.807, 2.05) is 0 Å². The molecule has 0 aromatic carbocycles. The monoisotopic (exact) mass is 324 g/mol. The molecule has 0 radical (unpaired) electrons. The molecule has 0 N–H and O–H groups in total. The van der Waals surface area contributed by atoms with Crippen molar-refractivity contribution in [2.24, 2.45) is 0 Å². The van der Waals surface area contributed by atoms with Gasteiger partial charge in [-0.25, -0.2) is 0 Å².